The van der Waals surface area contributed by atoms with Crippen molar-refractivity contribution in [2.24, 2.45) is 34.5 Å². The summed E-state index contributed by atoms with van der Waals surface area (Å²) in [5.74, 6) is 1.87. The van der Waals surface area contributed by atoms with E-state index < -0.39 is 105 Å². The zero-order chi connectivity index (χ0) is 40.4. The standard InChI is InChI=1S/C40H66O16/c1-17(22-8-9-23-21-7-6-19-14-20(42)10-12-39(19,3)24(21)11-13-40(22,23)4)52-38-35(34(50-5)27(43)18(2)53-38)56-37-33(49)31(47)29(45)26(55-37)16-51-36-32(48)30(46)28(44)25(15-41)54-36/h6,17-18,20-38,41-49H,7-16H2,1-5H3/t17-,18+,20-,21+,22-,23+,24-,25+,26+,27-,28+,29+,30-,31-,32+,33+,34-,35+,36+,37-,38+,39-,40+/m0/s1. The Labute approximate surface area is 328 Å². The van der Waals surface area contributed by atoms with Crippen LogP contribution in [0.5, 0.6) is 0 Å². The molecule has 3 saturated heterocycles. The molecule has 0 aromatic rings. The lowest BCUT2D eigenvalue weighted by molar-refractivity contribution is -0.376. The zero-order valence-electron chi connectivity index (χ0n) is 33.2. The number of aliphatic hydroxyl groups is 9. The van der Waals surface area contributed by atoms with Crippen LogP contribution in [-0.2, 0) is 33.2 Å². The molecular formula is C40H66O16. The number of hydrogen-bond donors (Lipinski definition) is 9. The van der Waals surface area contributed by atoms with E-state index in [0.29, 0.717) is 17.8 Å². The third-order valence-corrected chi connectivity index (χ3v) is 15.3. The summed E-state index contributed by atoms with van der Waals surface area (Å²) in [6, 6.07) is 0. The van der Waals surface area contributed by atoms with Gasteiger partial charge in [0.1, 0.15) is 67.1 Å². The highest BCUT2D eigenvalue weighted by molar-refractivity contribution is 5.25. The van der Waals surface area contributed by atoms with Crippen LogP contribution < -0.4 is 0 Å². The molecule has 322 valence electrons. The normalized spacial score (nSPS) is 54.1. The molecule has 3 heterocycles. The van der Waals surface area contributed by atoms with Crippen LogP contribution in [0.1, 0.15) is 79.1 Å². The highest BCUT2D eigenvalue weighted by Crippen LogP contribution is 2.67. The lowest BCUT2D eigenvalue weighted by Gasteiger charge is -2.58. The highest BCUT2D eigenvalue weighted by atomic mass is 16.8. The van der Waals surface area contributed by atoms with Crippen molar-refractivity contribution in [2.75, 3.05) is 20.3 Å². The van der Waals surface area contributed by atoms with E-state index in [2.05, 4.69) is 19.9 Å². The quantitative estimate of drug-likeness (QED) is 0.126. The van der Waals surface area contributed by atoms with Gasteiger partial charge in [-0.3, -0.25) is 0 Å². The minimum Gasteiger partial charge on any atom is -0.394 e. The van der Waals surface area contributed by atoms with Gasteiger partial charge < -0.3 is 79.1 Å². The molecule has 6 fully saturated rings. The van der Waals surface area contributed by atoms with Crippen molar-refractivity contribution < 1.29 is 79.1 Å². The molecule has 16 nitrogen and oxygen atoms in total. The van der Waals surface area contributed by atoms with E-state index in [4.69, 9.17) is 33.2 Å². The molecule has 7 aliphatic rings. The van der Waals surface area contributed by atoms with Crippen molar-refractivity contribution >= 4 is 0 Å². The average Bonchev–Trinajstić information content (AvgIpc) is 3.54. The molecule has 0 aromatic heterocycles. The number of aliphatic hydroxyl groups excluding tert-OH is 9. The fourth-order valence-electron chi connectivity index (χ4n) is 12.0. The molecule has 56 heavy (non-hydrogen) atoms. The van der Waals surface area contributed by atoms with Gasteiger partial charge in [-0.15, -0.1) is 0 Å². The fourth-order valence-corrected chi connectivity index (χ4v) is 12.0. The van der Waals surface area contributed by atoms with Crippen molar-refractivity contribution in [2.45, 2.75) is 183 Å². The Balaban J connectivity index is 1.04. The number of fused-ring (bicyclic) bond motifs is 5. The van der Waals surface area contributed by atoms with Crippen LogP contribution in [-0.4, -0.2) is 171 Å². The molecule has 3 saturated carbocycles. The lowest BCUT2D eigenvalue weighted by atomic mass is 9.47. The molecule has 3 aliphatic heterocycles. The Kier molecular flexibility index (Phi) is 13.0. The predicted molar refractivity (Wildman–Crippen MR) is 194 cm³/mol. The van der Waals surface area contributed by atoms with Gasteiger partial charge in [-0.05, 0) is 99.7 Å². The summed E-state index contributed by atoms with van der Waals surface area (Å²) in [5, 5.41) is 94.6. The van der Waals surface area contributed by atoms with Crippen LogP contribution in [0, 0.1) is 34.5 Å². The first-order valence-corrected chi connectivity index (χ1v) is 20.7. The van der Waals surface area contributed by atoms with Crippen LogP contribution in [0.15, 0.2) is 11.6 Å². The van der Waals surface area contributed by atoms with Crippen molar-refractivity contribution in [3.8, 4) is 0 Å². The minimum absolute atomic E-state index is 0.0182. The average molecular weight is 803 g/mol. The van der Waals surface area contributed by atoms with Crippen LogP contribution in [0.2, 0.25) is 0 Å². The Morgan fingerprint density at radius 2 is 1.43 bits per heavy atom. The fraction of sp³-hybridized carbons (Fsp3) is 0.950. The maximum Gasteiger partial charge on any atom is 0.187 e. The topological polar surface area (TPSA) is 247 Å². The SMILES string of the molecule is CO[C@H]1[C@@H](O)[C@@H](C)O[C@@H](O[C@@H](C)[C@@H]2CC[C@@H]3[C@H]4CC=C5C[C@@H](O)CC[C@]5(C)[C@H]4CC[C@@]32C)[C@@H]1O[C@@H]1O[C@H](CO[C@@H]2O[C@H](CO)[C@@H](O)[C@H](O)[C@H]2O)[C@@H](O)[C@H](O)[C@H]1O. The third-order valence-electron chi connectivity index (χ3n) is 15.3. The first-order valence-electron chi connectivity index (χ1n) is 20.7. The van der Waals surface area contributed by atoms with Crippen LogP contribution in [0.25, 0.3) is 0 Å². The summed E-state index contributed by atoms with van der Waals surface area (Å²) >= 11 is 0. The van der Waals surface area contributed by atoms with Crippen LogP contribution in [0.3, 0.4) is 0 Å². The molecule has 0 amide bonds. The summed E-state index contributed by atoms with van der Waals surface area (Å²) in [6.45, 7) is 7.38. The molecule has 0 radical (unpaired) electrons. The second-order valence-electron chi connectivity index (χ2n) is 18.3. The van der Waals surface area contributed by atoms with Crippen molar-refractivity contribution in [1.82, 2.24) is 0 Å². The molecule has 0 bridgehead atoms. The van der Waals surface area contributed by atoms with Gasteiger partial charge in [0.15, 0.2) is 18.9 Å². The van der Waals surface area contributed by atoms with Gasteiger partial charge in [-0.2, -0.15) is 0 Å². The molecule has 16 heteroatoms. The second kappa shape index (κ2) is 16.9. The van der Waals surface area contributed by atoms with Crippen LogP contribution >= 0.6 is 0 Å². The number of rotatable bonds is 10. The Morgan fingerprint density at radius 3 is 2.12 bits per heavy atom. The lowest BCUT2D eigenvalue weighted by Crippen LogP contribution is -2.65. The van der Waals surface area contributed by atoms with E-state index in [9.17, 15) is 46.0 Å². The number of hydrogen-bond acceptors (Lipinski definition) is 16. The highest BCUT2D eigenvalue weighted by Gasteiger charge is 2.60. The maximum atomic E-state index is 11.2. The van der Waals surface area contributed by atoms with Gasteiger partial charge >= 0.3 is 0 Å². The second-order valence-corrected chi connectivity index (χ2v) is 18.3. The summed E-state index contributed by atoms with van der Waals surface area (Å²) in [7, 11) is 1.41. The molecular weight excluding hydrogens is 736 g/mol. The smallest absolute Gasteiger partial charge is 0.187 e. The molecule has 0 aromatic carbocycles. The van der Waals surface area contributed by atoms with Gasteiger partial charge in [0.25, 0.3) is 0 Å². The van der Waals surface area contributed by atoms with Gasteiger partial charge in [0.05, 0.1) is 31.5 Å². The molecule has 23 atom stereocenters. The molecule has 7 rings (SSSR count). The number of methoxy groups -OCH3 is 1. The van der Waals surface area contributed by atoms with E-state index in [1.165, 1.54) is 12.7 Å². The summed E-state index contributed by atoms with van der Waals surface area (Å²) in [5.41, 5.74) is 1.60. The summed E-state index contributed by atoms with van der Waals surface area (Å²) < 4.78 is 42.0. The summed E-state index contributed by atoms with van der Waals surface area (Å²) in [6.07, 6.45) is -11.2. The van der Waals surface area contributed by atoms with Crippen molar-refractivity contribution in [3.63, 3.8) is 0 Å². The van der Waals surface area contributed by atoms with Gasteiger partial charge in [-0.1, -0.05) is 25.5 Å². The first-order chi connectivity index (χ1) is 26.5. The number of allylic oxidation sites excluding steroid dienone is 1. The Morgan fingerprint density at radius 1 is 0.750 bits per heavy atom. The zero-order valence-corrected chi connectivity index (χ0v) is 33.2. The molecule has 0 spiro atoms. The largest absolute Gasteiger partial charge is 0.394 e. The van der Waals surface area contributed by atoms with Crippen molar-refractivity contribution in [3.05, 3.63) is 11.6 Å². The Bertz CT molecular complexity index is 1370. The monoisotopic (exact) mass is 802 g/mol. The van der Waals surface area contributed by atoms with Gasteiger partial charge in [0, 0.05) is 7.11 Å². The molecule has 9 N–H and O–H groups in total. The van der Waals surface area contributed by atoms with E-state index in [0.717, 1.165) is 51.4 Å². The van der Waals surface area contributed by atoms with Gasteiger partial charge in [-0.25, -0.2) is 0 Å². The predicted octanol–water partition coefficient (Wildman–Crippen LogP) is -0.539. The van der Waals surface area contributed by atoms with E-state index in [-0.39, 0.29) is 29.0 Å². The summed E-state index contributed by atoms with van der Waals surface area (Å²) in [4.78, 5) is 0. The molecule has 0 unspecified atom stereocenters. The van der Waals surface area contributed by atoms with Gasteiger partial charge in [0.2, 0.25) is 0 Å². The Hall–Kier alpha value is -0.900. The maximum absolute atomic E-state index is 11.2. The molecule has 4 aliphatic carbocycles. The van der Waals surface area contributed by atoms with E-state index in [1.54, 1.807) is 6.92 Å². The van der Waals surface area contributed by atoms with E-state index >= 15 is 0 Å². The number of ether oxygens (including phenoxy) is 7. The van der Waals surface area contributed by atoms with E-state index in [1.807, 2.05) is 6.92 Å². The van der Waals surface area contributed by atoms with Crippen LogP contribution in [0.4, 0.5) is 0 Å². The van der Waals surface area contributed by atoms with Crippen molar-refractivity contribution in [1.29, 1.82) is 0 Å². The minimum atomic E-state index is -1.78. The first kappa shape index (κ1) is 43.2. The third kappa shape index (κ3) is 7.56.